The molecular formula is C10H13ClN2O2. The van der Waals surface area contributed by atoms with Crippen molar-refractivity contribution in [3.8, 4) is 0 Å². The highest BCUT2D eigenvalue weighted by Crippen LogP contribution is 2.20. The summed E-state index contributed by atoms with van der Waals surface area (Å²) in [7, 11) is 3.30. The number of benzene rings is 1. The number of amides is 2. The lowest BCUT2D eigenvalue weighted by atomic mass is 10.2. The molecule has 0 atom stereocenters. The summed E-state index contributed by atoms with van der Waals surface area (Å²) in [6.07, 6.45) is 0. The molecule has 1 aromatic rings. The van der Waals surface area contributed by atoms with Gasteiger partial charge in [-0.1, -0.05) is 11.6 Å². The molecule has 82 valence electrons. The van der Waals surface area contributed by atoms with Crippen molar-refractivity contribution < 1.29 is 9.90 Å². The van der Waals surface area contributed by atoms with Gasteiger partial charge in [0.25, 0.3) is 0 Å². The van der Waals surface area contributed by atoms with Gasteiger partial charge in [0.15, 0.2) is 0 Å². The van der Waals surface area contributed by atoms with Gasteiger partial charge in [0.2, 0.25) is 0 Å². The van der Waals surface area contributed by atoms with Crippen LogP contribution in [0.25, 0.3) is 0 Å². The quantitative estimate of drug-likeness (QED) is 0.813. The second kappa shape index (κ2) is 5.00. The molecule has 0 aromatic heterocycles. The van der Waals surface area contributed by atoms with E-state index < -0.39 is 0 Å². The number of nitrogens with one attached hydrogen (secondary N) is 1. The van der Waals surface area contributed by atoms with E-state index in [9.17, 15) is 4.79 Å². The van der Waals surface area contributed by atoms with E-state index in [2.05, 4.69) is 5.32 Å². The van der Waals surface area contributed by atoms with E-state index in [1.165, 1.54) is 4.90 Å². The number of hydrogen-bond donors (Lipinski definition) is 2. The Kier molecular flexibility index (Phi) is 3.94. The minimum absolute atomic E-state index is 0.148. The van der Waals surface area contributed by atoms with Crippen molar-refractivity contribution in [1.29, 1.82) is 0 Å². The molecule has 0 unspecified atom stereocenters. The molecule has 2 amide bonds. The molecule has 0 bridgehead atoms. The van der Waals surface area contributed by atoms with Crippen LogP contribution in [0.3, 0.4) is 0 Å². The summed E-state index contributed by atoms with van der Waals surface area (Å²) < 4.78 is 0. The van der Waals surface area contributed by atoms with E-state index >= 15 is 0 Å². The Morgan fingerprint density at radius 2 is 2.20 bits per heavy atom. The van der Waals surface area contributed by atoms with Gasteiger partial charge in [-0.05, 0) is 23.8 Å². The number of aliphatic hydroxyl groups excluding tert-OH is 1. The van der Waals surface area contributed by atoms with Crippen LogP contribution in [0.5, 0.6) is 0 Å². The van der Waals surface area contributed by atoms with Crippen molar-refractivity contribution in [2.24, 2.45) is 0 Å². The maximum absolute atomic E-state index is 11.3. The zero-order valence-corrected chi connectivity index (χ0v) is 9.38. The first kappa shape index (κ1) is 11.8. The summed E-state index contributed by atoms with van der Waals surface area (Å²) in [6.45, 7) is -0.148. The monoisotopic (exact) mass is 228 g/mol. The minimum Gasteiger partial charge on any atom is -0.392 e. The number of carbonyl (C=O) groups excluding carboxylic acids is 1. The van der Waals surface area contributed by atoms with Gasteiger partial charge in [0, 0.05) is 24.8 Å². The molecule has 0 aliphatic rings. The zero-order valence-electron chi connectivity index (χ0n) is 8.62. The molecule has 0 saturated heterocycles. The van der Waals surface area contributed by atoms with Crippen molar-refractivity contribution >= 4 is 23.3 Å². The average Bonchev–Trinajstić information content (AvgIpc) is 2.20. The summed E-state index contributed by atoms with van der Waals surface area (Å²) in [5.74, 6) is 0. The highest BCUT2D eigenvalue weighted by atomic mass is 35.5. The number of halogens is 1. The lowest BCUT2D eigenvalue weighted by Crippen LogP contribution is -2.27. The van der Waals surface area contributed by atoms with Crippen LogP contribution in [-0.2, 0) is 6.61 Å². The van der Waals surface area contributed by atoms with Gasteiger partial charge in [0.05, 0.1) is 6.61 Å². The van der Waals surface area contributed by atoms with Crippen LogP contribution in [0.1, 0.15) is 5.56 Å². The molecule has 5 heteroatoms. The number of rotatable bonds is 2. The Morgan fingerprint density at radius 3 is 2.73 bits per heavy atom. The Morgan fingerprint density at radius 1 is 1.53 bits per heavy atom. The maximum atomic E-state index is 11.3. The predicted molar refractivity (Wildman–Crippen MR) is 60.1 cm³/mol. The zero-order chi connectivity index (χ0) is 11.4. The second-order valence-corrected chi connectivity index (χ2v) is 3.70. The van der Waals surface area contributed by atoms with Gasteiger partial charge in [-0.15, -0.1) is 0 Å². The van der Waals surface area contributed by atoms with E-state index in [1.807, 2.05) is 0 Å². The third-order valence-electron chi connectivity index (χ3n) is 1.87. The largest absolute Gasteiger partial charge is 0.392 e. The number of hydrogen-bond acceptors (Lipinski definition) is 2. The number of carbonyl (C=O) groups is 1. The lowest BCUT2D eigenvalue weighted by molar-refractivity contribution is 0.230. The van der Waals surface area contributed by atoms with Gasteiger partial charge in [-0.2, -0.15) is 0 Å². The number of anilines is 1. The van der Waals surface area contributed by atoms with Crippen LogP contribution in [0.15, 0.2) is 18.2 Å². The second-order valence-electron chi connectivity index (χ2n) is 3.29. The fourth-order valence-corrected chi connectivity index (χ4v) is 1.19. The molecule has 15 heavy (non-hydrogen) atoms. The summed E-state index contributed by atoms with van der Waals surface area (Å²) in [4.78, 5) is 12.7. The fourth-order valence-electron chi connectivity index (χ4n) is 1.01. The molecular weight excluding hydrogens is 216 g/mol. The first-order valence-corrected chi connectivity index (χ1v) is 4.80. The van der Waals surface area contributed by atoms with Gasteiger partial charge >= 0.3 is 6.03 Å². The van der Waals surface area contributed by atoms with Gasteiger partial charge in [0.1, 0.15) is 0 Å². The maximum Gasteiger partial charge on any atom is 0.321 e. The van der Waals surface area contributed by atoms with Crippen LogP contribution < -0.4 is 5.32 Å². The third kappa shape index (κ3) is 3.11. The van der Waals surface area contributed by atoms with Crippen LogP contribution in [0.4, 0.5) is 10.5 Å². The molecule has 0 aliphatic heterocycles. The van der Waals surface area contributed by atoms with Crippen molar-refractivity contribution in [3.05, 3.63) is 28.8 Å². The number of urea groups is 1. The predicted octanol–water partition coefficient (Wildman–Crippen LogP) is 1.93. The normalized spacial score (nSPS) is 9.87. The van der Waals surface area contributed by atoms with Gasteiger partial charge in [-0.25, -0.2) is 4.79 Å². The standard InChI is InChI=1S/C10H13ClN2O2/c1-13(2)10(15)12-8-3-4-9(11)7(5-8)6-14/h3-5,14H,6H2,1-2H3,(H,12,15). The topological polar surface area (TPSA) is 52.6 Å². The van der Waals surface area contributed by atoms with Crippen LogP contribution in [0.2, 0.25) is 5.02 Å². The first-order valence-electron chi connectivity index (χ1n) is 4.42. The van der Waals surface area contributed by atoms with Crippen molar-refractivity contribution in [2.45, 2.75) is 6.61 Å². The van der Waals surface area contributed by atoms with Gasteiger partial charge < -0.3 is 15.3 Å². The first-order chi connectivity index (χ1) is 7.04. The Labute approximate surface area is 93.5 Å². The molecule has 2 N–H and O–H groups in total. The molecule has 0 saturated carbocycles. The smallest absolute Gasteiger partial charge is 0.321 e. The minimum atomic E-state index is -0.221. The molecule has 4 nitrogen and oxygen atoms in total. The third-order valence-corrected chi connectivity index (χ3v) is 2.24. The molecule has 1 rings (SSSR count). The van der Waals surface area contributed by atoms with E-state index in [1.54, 1.807) is 32.3 Å². The van der Waals surface area contributed by atoms with E-state index in [0.29, 0.717) is 16.3 Å². The molecule has 0 fully saturated rings. The lowest BCUT2D eigenvalue weighted by Gasteiger charge is -2.12. The van der Waals surface area contributed by atoms with Crippen LogP contribution in [-0.4, -0.2) is 30.1 Å². The fraction of sp³-hybridized carbons (Fsp3) is 0.300. The van der Waals surface area contributed by atoms with E-state index in [-0.39, 0.29) is 12.6 Å². The average molecular weight is 229 g/mol. The molecule has 0 aliphatic carbocycles. The summed E-state index contributed by atoms with van der Waals surface area (Å²) in [5, 5.41) is 12.1. The molecule has 0 radical (unpaired) electrons. The van der Waals surface area contributed by atoms with Crippen LogP contribution in [0, 0.1) is 0 Å². The Bertz CT molecular complexity index is 366. The molecule has 1 aromatic carbocycles. The number of aliphatic hydroxyl groups is 1. The number of nitrogens with zero attached hydrogens (tertiary/aromatic N) is 1. The molecule has 0 heterocycles. The van der Waals surface area contributed by atoms with Crippen LogP contribution >= 0.6 is 11.6 Å². The SMILES string of the molecule is CN(C)C(=O)Nc1ccc(Cl)c(CO)c1. The summed E-state index contributed by atoms with van der Waals surface area (Å²) in [5.41, 5.74) is 1.20. The van der Waals surface area contributed by atoms with Crippen molar-refractivity contribution in [2.75, 3.05) is 19.4 Å². The highest BCUT2D eigenvalue weighted by Gasteiger charge is 2.05. The van der Waals surface area contributed by atoms with Crippen molar-refractivity contribution in [1.82, 2.24) is 4.90 Å². The van der Waals surface area contributed by atoms with Crippen molar-refractivity contribution in [3.63, 3.8) is 0 Å². The Hall–Kier alpha value is -1.26. The van der Waals surface area contributed by atoms with Gasteiger partial charge in [-0.3, -0.25) is 0 Å². The molecule has 0 spiro atoms. The summed E-state index contributed by atoms with van der Waals surface area (Å²) >= 11 is 5.81. The van der Waals surface area contributed by atoms with E-state index in [0.717, 1.165) is 0 Å². The summed E-state index contributed by atoms with van der Waals surface area (Å²) in [6, 6.07) is 4.74. The van der Waals surface area contributed by atoms with E-state index in [4.69, 9.17) is 16.7 Å². The Balaban J connectivity index is 2.83. The highest BCUT2D eigenvalue weighted by molar-refractivity contribution is 6.31.